The molecule has 5 aliphatic carbocycles. The maximum Gasteiger partial charge on any atom is 0.226 e. The number of ketones is 1. The lowest BCUT2D eigenvalue weighted by molar-refractivity contribution is -0.169. The van der Waals surface area contributed by atoms with E-state index in [9.17, 15) is 14.7 Å². The van der Waals surface area contributed by atoms with Crippen LogP contribution < -0.4 is 5.32 Å². The van der Waals surface area contributed by atoms with E-state index in [0.29, 0.717) is 24.6 Å². The summed E-state index contributed by atoms with van der Waals surface area (Å²) < 4.78 is 1.77. The Hall–Kier alpha value is -3.33. The van der Waals surface area contributed by atoms with Gasteiger partial charge < -0.3 is 10.4 Å². The van der Waals surface area contributed by atoms with Crippen molar-refractivity contribution in [1.82, 2.24) is 25.3 Å². The van der Waals surface area contributed by atoms with E-state index in [0.717, 1.165) is 66.8 Å². The highest BCUT2D eigenvalue weighted by molar-refractivity contribution is 7.09. The van der Waals surface area contributed by atoms with Crippen molar-refractivity contribution in [3.8, 4) is 0 Å². The lowest BCUT2D eigenvalue weighted by Gasteiger charge is -2.70. The molecule has 2 N–H and O–H groups in total. The van der Waals surface area contributed by atoms with Crippen molar-refractivity contribution in [3.05, 3.63) is 74.8 Å². The summed E-state index contributed by atoms with van der Waals surface area (Å²) in [6, 6.07) is 0. The van der Waals surface area contributed by atoms with Crippen LogP contribution in [0.15, 0.2) is 64.1 Å². The van der Waals surface area contributed by atoms with Crippen molar-refractivity contribution in [3.63, 3.8) is 0 Å². The highest BCUT2D eigenvalue weighted by Gasteiger charge is 2.67. The summed E-state index contributed by atoms with van der Waals surface area (Å²) >= 11 is 1.59. The van der Waals surface area contributed by atoms with Gasteiger partial charge in [0.2, 0.25) is 11.7 Å². The number of nitrogens with zero attached hydrogens (tertiary/aromatic N) is 4. The van der Waals surface area contributed by atoms with E-state index in [-0.39, 0.29) is 39.1 Å². The van der Waals surface area contributed by atoms with Gasteiger partial charge in [-0.3, -0.25) is 9.59 Å². The predicted molar refractivity (Wildman–Crippen MR) is 174 cm³/mol. The summed E-state index contributed by atoms with van der Waals surface area (Å²) in [5.74, 6) is 0.0719. The number of carbonyl (C=O) groups is 2. The molecule has 2 aromatic rings. The molecule has 7 rings (SSSR count). The van der Waals surface area contributed by atoms with Gasteiger partial charge in [0.05, 0.1) is 19.3 Å². The fraction of sp³-hybridized carbons (Fsp3) is 0.583. The van der Waals surface area contributed by atoms with Crippen LogP contribution in [0.25, 0.3) is 0 Å². The van der Waals surface area contributed by atoms with Crippen LogP contribution in [0.4, 0.5) is 0 Å². The van der Waals surface area contributed by atoms with Gasteiger partial charge in [-0.15, -0.1) is 16.4 Å². The topological polar surface area (TPSA) is 110 Å². The van der Waals surface area contributed by atoms with Crippen molar-refractivity contribution >= 4 is 23.0 Å². The van der Waals surface area contributed by atoms with Crippen LogP contribution in [0.3, 0.4) is 0 Å². The molecule has 5 aliphatic rings. The fourth-order valence-electron chi connectivity index (χ4n) is 10.0. The zero-order valence-electron chi connectivity index (χ0n) is 27.4. The smallest absolute Gasteiger partial charge is 0.226 e. The van der Waals surface area contributed by atoms with Gasteiger partial charge in [-0.1, -0.05) is 57.6 Å². The van der Waals surface area contributed by atoms with Crippen molar-refractivity contribution in [1.29, 1.82) is 0 Å². The number of aliphatic hydroxyl groups excluding tert-OH is 1. The Morgan fingerprint density at radius 3 is 2.62 bits per heavy atom. The zero-order valence-corrected chi connectivity index (χ0v) is 28.2. The van der Waals surface area contributed by atoms with Crippen LogP contribution in [-0.4, -0.2) is 36.8 Å². The number of aliphatic hydroxyl groups is 1. The summed E-state index contributed by atoms with van der Waals surface area (Å²) in [6.07, 6.45) is 16.8. The van der Waals surface area contributed by atoms with Crippen LogP contribution in [0.2, 0.25) is 0 Å². The molecule has 45 heavy (non-hydrogen) atoms. The number of fused-ring (bicyclic) bond motifs is 7. The third kappa shape index (κ3) is 4.39. The molecule has 9 heteroatoms. The molecule has 3 saturated carbocycles. The molecule has 2 aromatic heterocycles. The van der Waals surface area contributed by atoms with E-state index < -0.39 is 5.41 Å². The number of hydrogen-bond acceptors (Lipinski definition) is 7. The molecular weight excluding hydrogens is 582 g/mol. The number of rotatable bonds is 5. The van der Waals surface area contributed by atoms with Crippen LogP contribution >= 0.6 is 11.3 Å². The van der Waals surface area contributed by atoms with Crippen molar-refractivity contribution in [2.75, 3.05) is 0 Å². The maximum absolute atomic E-state index is 13.9. The maximum atomic E-state index is 13.9. The fourth-order valence-corrected chi connectivity index (χ4v) is 10.6. The Morgan fingerprint density at radius 2 is 1.87 bits per heavy atom. The molecule has 0 unspecified atom stereocenters. The van der Waals surface area contributed by atoms with Crippen LogP contribution in [0, 0.1) is 33.0 Å². The number of thiazole rings is 1. The number of allylic oxidation sites excluding steroid dienone is 7. The molecular formula is C36H45N5O3S. The largest absolute Gasteiger partial charge is 0.504 e. The van der Waals surface area contributed by atoms with Crippen molar-refractivity contribution < 1.29 is 14.7 Å². The SMILES string of the molecule is CC1=C(O)C(=O)C=C2C1=CC=C1[C@@]2(C)CC[C@@]2(C)[C@@H]3C[C@](C)(C(=O)NCc4cn(Cc5nccs5)nn4)CC[C@]3(C)CC[C@]12C. The van der Waals surface area contributed by atoms with Crippen molar-refractivity contribution in [2.45, 2.75) is 99.6 Å². The van der Waals surface area contributed by atoms with Crippen LogP contribution in [0.1, 0.15) is 97.2 Å². The second-order valence-electron chi connectivity index (χ2n) is 15.6. The predicted octanol–water partition coefficient (Wildman–Crippen LogP) is 7.03. The highest BCUT2D eigenvalue weighted by atomic mass is 32.1. The molecule has 238 valence electrons. The molecule has 1 amide bonds. The summed E-state index contributed by atoms with van der Waals surface area (Å²) in [6.45, 7) is 14.7. The summed E-state index contributed by atoms with van der Waals surface area (Å²) in [7, 11) is 0. The van der Waals surface area contributed by atoms with Crippen LogP contribution in [-0.2, 0) is 22.7 Å². The average Bonchev–Trinajstić information content (AvgIpc) is 3.70. The first-order valence-corrected chi connectivity index (χ1v) is 17.3. The Bertz CT molecular complexity index is 1720. The Morgan fingerprint density at radius 1 is 1.09 bits per heavy atom. The number of nitrogens with one attached hydrogen (secondary N) is 1. The standard InChI is InChI=1S/C36H45N5O3S/c1-22-24-7-8-27-34(4,25(24)17-26(42)30(22)43)12-14-36(6)28-18-33(3,10-9-32(28,2)11-13-35(27,36)5)31(44)38-19-23-20-41(40-39-23)21-29-37-15-16-45-29/h7-8,15-17,20,28,43H,9-14,18-19,21H2,1-6H3,(H,38,44)/t28-,32-,33-,34+,35-,36+/m1/s1. The second-order valence-corrected chi connectivity index (χ2v) is 16.6. The number of hydrogen-bond donors (Lipinski definition) is 2. The second kappa shape index (κ2) is 10.1. The molecule has 6 atom stereocenters. The first-order valence-electron chi connectivity index (χ1n) is 16.4. The minimum Gasteiger partial charge on any atom is -0.504 e. The first-order chi connectivity index (χ1) is 21.2. The third-order valence-corrected chi connectivity index (χ3v) is 14.0. The highest BCUT2D eigenvalue weighted by Crippen LogP contribution is 2.75. The molecule has 3 fully saturated rings. The Labute approximate surface area is 269 Å². The van der Waals surface area contributed by atoms with E-state index in [4.69, 9.17) is 0 Å². The van der Waals surface area contributed by atoms with E-state index in [1.807, 2.05) is 18.5 Å². The quantitative estimate of drug-likeness (QED) is 0.369. The van der Waals surface area contributed by atoms with Gasteiger partial charge in [0, 0.05) is 28.0 Å². The molecule has 8 nitrogen and oxygen atoms in total. The number of carbonyl (C=O) groups excluding carboxylic acids is 2. The molecule has 0 aromatic carbocycles. The van der Waals surface area contributed by atoms with Gasteiger partial charge in [-0.2, -0.15) is 0 Å². The van der Waals surface area contributed by atoms with Gasteiger partial charge in [0.25, 0.3) is 0 Å². The summed E-state index contributed by atoms with van der Waals surface area (Å²) in [5.41, 5.74) is 4.30. The van der Waals surface area contributed by atoms with Gasteiger partial charge in [0.1, 0.15) is 10.7 Å². The van der Waals surface area contributed by atoms with Crippen molar-refractivity contribution in [2.24, 2.45) is 33.0 Å². The number of amides is 1. The molecule has 0 saturated heterocycles. The lowest BCUT2D eigenvalue weighted by Crippen LogP contribution is -2.62. The first kappa shape index (κ1) is 30.3. The van der Waals surface area contributed by atoms with Gasteiger partial charge in [-0.25, -0.2) is 9.67 Å². The van der Waals surface area contributed by atoms with E-state index >= 15 is 0 Å². The molecule has 0 spiro atoms. The Balaban J connectivity index is 1.14. The molecule has 0 bridgehead atoms. The van der Waals surface area contributed by atoms with E-state index in [1.54, 1.807) is 28.3 Å². The van der Waals surface area contributed by atoms with Gasteiger partial charge in [-0.05, 0) is 91.3 Å². The van der Waals surface area contributed by atoms with E-state index in [2.05, 4.69) is 67.4 Å². The lowest BCUT2D eigenvalue weighted by atomic mass is 9.34. The third-order valence-electron chi connectivity index (χ3n) is 13.2. The monoisotopic (exact) mass is 627 g/mol. The minimum atomic E-state index is -0.463. The average molecular weight is 628 g/mol. The van der Waals surface area contributed by atoms with Gasteiger partial charge >= 0.3 is 0 Å². The number of aromatic nitrogens is 4. The normalized spacial score (nSPS) is 37.4. The van der Waals surface area contributed by atoms with Crippen LogP contribution in [0.5, 0.6) is 0 Å². The summed E-state index contributed by atoms with van der Waals surface area (Å²) in [4.78, 5) is 31.1. The molecule has 2 heterocycles. The van der Waals surface area contributed by atoms with Gasteiger partial charge in [0.15, 0.2) is 5.76 Å². The zero-order chi connectivity index (χ0) is 32.0. The minimum absolute atomic E-state index is 0.00340. The Kier molecular flexibility index (Phi) is 6.80. The van der Waals surface area contributed by atoms with E-state index in [1.165, 1.54) is 5.57 Å². The molecule has 0 aliphatic heterocycles. The summed E-state index contributed by atoms with van der Waals surface area (Å²) in [5, 5.41) is 25.1. The molecule has 0 radical (unpaired) electrons.